The molecule has 0 unspecified atom stereocenters. The van der Waals surface area contributed by atoms with Crippen LogP contribution in [0.25, 0.3) is 83.1 Å². The Kier molecular flexibility index (Phi) is 9.57. The average Bonchev–Trinajstić information content (AvgIpc) is 3.70. The predicted molar refractivity (Wildman–Crippen MR) is 263 cm³/mol. The second-order valence-corrected chi connectivity index (χ2v) is 15.7. The Hall–Kier alpha value is -8.20. The summed E-state index contributed by atoms with van der Waals surface area (Å²) in [6.07, 6.45) is 0. The minimum absolute atomic E-state index is 1.08. The molecule has 0 saturated carbocycles. The topological polar surface area (TPSA) is 8.17 Å². The van der Waals surface area contributed by atoms with Gasteiger partial charge >= 0.3 is 0 Å². The first-order chi connectivity index (χ1) is 30.8. The number of para-hydroxylation sites is 4. The van der Waals surface area contributed by atoms with Crippen LogP contribution in [0.5, 0.6) is 0 Å². The number of hydrogen-bond acceptors (Lipinski definition) is 1. The molecule has 0 amide bonds. The Morgan fingerprint density at radius 3 is 1.34 bits per heavy atom. The Balaban J connectivity index is 1.08. The lowest BCUT2D eigenvalue weighted by Gasteiger charge is -2.29. The van der Waals surface area contributed by atoms with Crippen molar-refractivity contribution >= 4 is 38.9 Å². The zero-order valence-corrected chi connectivity index (χ0v) is 34.1. The van der Waals surface area contributed by atoms with Crippen molar-refractivity contribution < 1.29 is 0 Å². The van der Waals surface area contributed by atoms with Gasteiger partial charge in [0.1, 0.15) is 0 Å². The summed E-state index contributed by atoms with van der Waals surface area (Å²) in [5.41, 5.74) is 18.7. The SMILES string of the molecule is c1ccc(-c2ccc(N(c3ccc(-c4cccc5c6ccccc6n(-c6ccccc6)c45)cc3)c3ccccc3-c3ccccc3-c3ccccc3-c3ccccc3)cc2)cc1. The highest BCUT2D eigenvalue weighted by molar-refractivity contribution is 6.14. The molecule has 11 rings (SSSR count). The van der Waals surface area contributed by atoms with E-state index in [2.05, 4.69) is 264 Å². The van der Waals surface area contributed by atoms with Crippen LogP contribution in [0.15, 0.2) is 255 Å². The molecule has 2 nitrogen and oxygen atoms in total. The highest BCUT2D eigenvalue weighted by atomic mass is 15.1. The minimum Gasteiger partial charge on any atom is -0.310 e. The molecule has 0 aliphatic rings. The first-order valence-electron chi connectivity index (χ1n) is 21.3. The van der Waals surface area contributed by atoms with Crippen molar-refractivity contribution in [3.8, 4) is 61.3 Å². The summed E-state index contributed by atoms with van der Waals surface area (Å²) in [5.74, 6) is 0. The second kappa shape index (κ2) is 16.1. The summed E-state index contributed by atoms with van der Waals surface area (Å²) in [6.45, 7) is 0. The molecule has 292 valence electrons. The smallest absolute Gasteiger partial charge is 0.0619 e. The van der Waals surface area contributed by atoms with Gasteiger partial charge in [-0.2, -0.15) is 0 Å². The Bertz CT molecular complexity index is 3310. The van der Waals surface area contributed by atoms with Gasteiger partial charge in [0.25, 0.3) is 0 Å². The van der Waals surface area contributed by atoms with E-state index in [4.69, 9.17) is 0 Å². The van der Waals surface area contributed by atoms with Crippen LogP contribution in [0.1, 0.15) is 0 Å². The predicted octanol–water partition coefficient (Wildman–Crippen LogP) is 16.6. The van der Waals surface area contributed by atoms with Gasteiger partial charge in [0, 0.05) is 39.0 Å². The molecule has 11 aromatic rings. The van der Waals surface area contributed by atoms with Gasteiger partial charge in [-0.3, -0.25) is 0 Å². The van der Waals surface area contributed by atoms with E-state index in [0.717, 1.165) is 33.9 Å². The fraction of sp³-hybridized carbons (Fsp3) is 0. The minimum atomic E-state index is 1.08. The van der Waals surface area contributed by atoms with Crippen LogP contribution in [-0.4, -0.2) is 4.57 Å². The van der Waals surface area contributed by atoms with Gasteiger partial charge in [-0.1, -0.05) is 206 Å². The van der Waals surface area contributed by atoms with Crippen LogP contribution in [0.2, 0.25) is 0 Å². The van der Waals surface area contributed by atoms with E-state index in [1.807, 2.05) is 0 Å². The molecule has 0 aliphatic heterocycles. The largest absolute Gasteiger partial charge is 0.310 e. The molecule has 0 N–H and O–H groups in total. The summed E-state index contributed by atoms with van der Waals surface area (Å²) in [7, 11) is 0. The zero-order chi connectivity index (χ0) is 41.2. The summed E-state index contributed by atoms with van der Waals surface area (Å²) in [6, 6.07) is 92.0. The van der Waals surface area contributed by atoms with Gasteiger partial charge in [-0.05, 0) is 93.0 Å². The van der Waals surface area contributed by atoms with Crippen molar-refractivity contribution in [3.05, 3.63) is 255 Å². The first-order valence-corrected chi connectivity index (χ1v) is 21.3. The number of hydrogen-bond donors (Lipinski definition) is 0. The molecule has 0 bridgehead atoms. The van der Waals surface area contributed by atoms with E-state index >= 15 is 0 Å². The van der Waals surface area contributed by atoms with Crippen LogP contribution in [-0.2, 0) is 0 Å². The van der Waals surface area contributed by atoms with Crippen molar-refractivity contribution in [1.29, 1.82) is 0 Å². The van der Waals surface area contributed by atoms with Crippen LogP contribution >= 0.6 is 0 Å². The zero-order valence-electron chi connectivity index (χ0n) is 34.1. The fourth-order valence-corrected chi connectivity index (χ4v) is 9.18. The van der Waals surface area contributed by atoms with Gasteiger partial charge in [0.15, 0.2) is 0 Å². The van der Waals surface area contributed by atoms with Gasteiger partial charge in [-0.25, -0.2) is 0 Å². The number of nitrogens with zero attached hydrogens (tertiary/aromatic N) is 2. The third kappa shape index (κ3) is 6.65. The van der Waals surface area contributed by atoms with E-state index in [9.17, 15) is 0 Å². The lowest BCUT2D eigenvalue weighted by Crippen LogP contribution is -2.11. The highest BCUT2D eigenvalue weighted by Gasteiger charge is 2.21. The van der Waals surface area contributed by atoms with Crippen molar-refractivity contribution in [1.82, 2.24) is 4.57 Å². The van der Waals surface area contributed by atoms with Crippen LogP contribution < -0.4 is 4.90 Å². The molecule has 1 aromatic heterocycles. The normalized spacial score (nSPS) is 11.2. The summed E-state index contributed by atoms with van der Waals surface area (Å²) < 4.78 is 2.41. The molecule has 2 heteroatoms. The van der Waals surface area contributed by atoms with Gasteiger partial charge in [-0.15, -0.1) is 0 Å². The third-order valence-corrected chi connectivity index (χ3v) is 12.0. The summed E-state index contributed by atoms with van der Waals surface area (Å²) in [4.78, 5) is 2.41. The second-order valence-electron chi connectivity index (χ2n) is 15.7. The quantitative estimate of drug-likeness (QED) is 0.141. The molecule has 0 aliphatic carbocycles. The Morgan fingerprint density at radius 1 is 0.258 bits per heavy atom. The number of aromatic nitrogens is 1. The van der Waals surface area contributed by atoms with Gasteiger partial charge in [0.05, 0.1) is 16.7 Å². The van der Waals surface area contributed by atoms with Crippen LogP contribution in [0.4, 0.5) is 17.1 Å². The van der Waals surface area contributed by atoms with Crippen molar-refractivity contribution in [2.75, 3.05) is 4.90 Å². The molecular weight excluding hydrogens is 749 g/mol. The van der Waals surface area contributed by atoms with Crippen LogP contribution in [0.3, 0.4) is 0 Å². The fourth-order valence-electron chi connectivity index (χ4n) is 9.18. The lowest BCUT2D eigenvalue weighted by molar-refractivity contribution is 1.18. The average molecular weight is 791 g/mol. The number of fused-ring (bicyclic) bond motifs is 3. The van der Waals surface area contributed by atoms with Crippen molar-refractivity contribution in [3.63, 3.8) is 0 Å². The number of benzene rings is 10. The molecule has 0 spiro atoms. The van der Waals surface area contributed by atoms with E-state index in [0.29, 0.717) is 0 Å². The molecule has 0 fully saturated rings. The van der Waals surface area contributed by atoms with Crippen molar-refractivity contribution in [2.24, 2.45) is 0 Å². The summed E-state index contributed by atoms with van der Waals surface area (Å²) in [5, 5.41) is 2.49. The monoisotopic (exact) mass is 790 g/mol. The maximum Gasteiger partial charge on any atom is 0.0619 e. The summed E-state index contributed by atoms with van der Waals surface area (Å²) >= 11 is 0. The standard InChI is InChI=1S/C60H42N2/c1-4-19-43(20-5-1)44-35-39-48(40-36-44)61(58-33-16-14-29-55(58)54-28-13-12-27-53(54)52-26-11-10-25-50(52)45-21-6-2-7-22-45)49-41-37-46(38-42-49)51-31-18-32-57-56-30-15-17-34-59(56)62(60(51)57)47-23-8-3-9-24-47/h1-42H. The molecule has 62 heavy (non-hydrogen) atoms. The molecular formula is C60H42N2. The molecule has 0 radical (unpaired) electrons. The van der Waals surface area contributed by atoms with E-state index in [1.54, 1.807) is 0 Å². The number of rotatable bonds is 9. The highest BCUT2D eigenvalue weighted by Crippen LogP contribution is 2.46. The Labute approximate surface area is 362 Å². The lowest BCUT2D eigenvalue weighted by atomic mass is 9.88. The molecule has 1 heterocycles. The molecule has 10 aromatic carbocycles. The van der Waals surface area contributed by atoms with Crippen molar-refractivity contribution in [2.45, 2.75) is 0 Å². The number of anilines is 3. The third-order valence-electron chi connectivity index (χ3n) is 12.0. The van der Waals surface area contributed by atoms with Gasteiger partial charge < -0.3 is 9.47 Å². The van der Waals surface area contributed by atoms with Crippen LogP contribution in [0, 0.1) is 0 Å². The maximum absolute atomic E-state index is 2.41. The van der Waals surface area contributed by atoms with E-state index in [1.165, 1.54) is 66.3 Å². The van der Waals surface area contributed by atoms with Gasteiger partial charge in [0.2, 0.25) is 0 Å². The Morgan fingerprint density at radius 2 is 0.677 bits per heavy atom. The maximum atomic E-state index is 2.41. The molecule has 0 saturated heterocycles. The van der Waals surface area contributed by atoms with E-state index < -0.39 is 0 Å². The van der Waals surface area contributed by atoms with E-state index in [-0.39, 0.29) is 0 Å². The molecule has 0 atom stereocenters. The first kappa shape index (κ1) is 36.8.